The van der Waals surface area contributed by atoms with Crippen molar-refractivity contribution in [2.45, 2.75) is 13.1 Å². The van der Waals surface area contributed by atoms with Crippen LogP contribution in [0, 0.1) is 5.92 Å². The Morgan fingerprint density at radius 3 is 2.25 bits per heavy atom. The molecule has 3 N–H and O–H groups in total. The van der Waals surface area contributed by atoms with Crippen molar-refractivity contribution in [2.24, 2.45) is 11.7 Å². The van der Waals surface area contributed by atoms with Gasteiger partial charge in [0, 0.05) is 19.1 Å². The lowest BCUT2D eigenvalue weighted by Crippen LogP contribution is -2.25. The van der Waals surface area contributed by atoms with Crippen molar-refractivity contribution in [3.8, 4) is 0 Å². The second-order valence-corrected chi connectivity index (χ2v) is 1.86. The average molecular weight is 121 g/mol. The van der Waals surface area contributed by atoms with Crippen LogP contribution in [0.2, 0.25) is 0 Å². The molecule has 2 nitrogen and oxygen atoms in total. The van der Waals surface area contributed by atoms with E-state index in [0.29, 0.717) is 0 Å². The molecule has 2 atom stereocenters. The summed E-state index contributed by atoms with van der Waals surface area (Å²) in [7, 11) is 0. The summed E-state index contributed by atoms with van der Waals surface area (Å²) in [6, 6.07) is 0. The Kier molecular flexibility index (Phi) is 3.73. The lowest BCUT2D eigenvalue weighted by molar-refractivity contribution is 0.155. The smallest absolute Gasteiger partial charge is 0.104 e. The first kappa shape index (κ1) is 7.85. The molecule has 0 saturated heterocycles. The number of nitrogens with two attached hydrogens (primary N) is 1. The minimum atomic E-state index is -0.995. The highest BCUT2D eigenvalue weighted by Gasteiger charge is 2.11. The molecule has 3 heteroatoms. The van der Waals surface area contributed by atoms with E-state index in [4.69, 9.17) is 10.8 Å². The molecule has 0 fully saturated rings. The molecule has 50 valence electrons. The molecule has 2 unspecified atom stereocenters. The van der Waals surface area contributed by atoms with Gasteiger partial charge in [-0.05, 0) is 6.92 Å². The average Bonchev–Trinajstić information content (AvgIpc) is 1.69. The Hall–Kier alpha value is -0.150. The molecule has 0 heterocycles. The first-order chi connectivity index (χ1) is 3.72. The van der Waals surface area contributed by atoms with Crippen LogP contribution >= 0.6 is 0 Å². The fraction of sp³-hybridized carbons (Fsp3) is 1.00. The maximum Gasteiger partial charge on any atom is 0.104 e. The van der Waals surface area contributed by atoms with Crippen molar-refractivity contribution in [2.75, 3.05) is 13.2 Å². The van der Waals surface area contributed by atoms with Gasteiger partial charge in [-0.1, -0.05) is 0 Å². The standard InChI is InChI=1S/C5H12FNO/c1-4(6)5(2-7)3-8/h4-5,8H,2-3,7H2,1H3. The summed E-state index contributed by atoms with van der Waals surface area (Å²) in [5.41, 5.74) is 5.08. The monoisotopic (exact) mass is 121 g/mol. The minimum absolute atomic E-state index is 0.159. The van der Waals surface area contributed by atoms with Crippen LogP contribution in [-0.2, 0) is 0 Å². The van der Waals surface area contributed by atoms with E-state index >= 15 is 0 Å². The van der Waals surface area contributed by atoms with Crippen LogP contribution in [-0.4, -0.2) is 24.4 Å². The molecular weight excluding hydrogens is 109 g/mol. The largest absolute Gasteiger partial charge is 0.396 e. The molecule has 0 radical (unpaired) electrons. The van der Waals surface area contributed by atoms with E-state index in [1.807, 2.05) is 0 Å². The second kappa shape index (κ2) is 3.80. The Morgan fingerprint density at radius 1 is 1.75 bits per heavy atom. The minimum Gasteiger partial charge on any atom is -0.396 e. The third-order valence-electron chi connectivity index (χ3n) is 1.19. The molecule has 0 aromatic heterocycles. The fourth-order valence-corrected chi connectivity index (χ4v) is 0.407. The van der Waals surface area contributed by atoms with E-state index in [1.165, 1.54) is 6.92 Å². The fourth-order valence-electron chi connectivity index (χ4n) is 0.407. The van der Waals surface area contributed by atoms with Crippen molar-refractivity contribution >= 4 is 0 Å². The molecule has 0 aliphatic rings. The summed E-state index contributed by atoms with van der Waals surface area (Å²) in [6.45, 7) is 1.45. The molecule has 0 bridgehead atoms. The van der Waals surface area contributed by atoms with Gasteiger partial charge >= 0.3 is 0 Å². The zero-order valence-electron chi connectivity index (χ0n) is 4.97. The van der Waals surface area contributed by atoms with Gasteiger partial charge in [0.05, 0.1) is 0 Å². The van der Waals surface area contributed by atoms with Crippen LogP contribution in [0.5, 0.6) is 0 Å². The van der Waals surface area contributed by atoms with Crippen LogP contribution in [0.15, 0.2) is 0 Å². The van der Waals surface area contributed by atoms with Gasteiger partial charge in [-0.25, -0.2) is 4.39 Å². The van der Waals surface area contributed by atoms with Gasteiger partial charge in [-0.3, -0.25) is 0 Å². The van der Waals surface area contributed by atoms with Crippen molar-refractivity contribution in [3.63, 3.8) is 0 Å². The summed E-state index contributed by atoms with van der Waals surface area (Å²) < 4.78 is 12.1. The van der Waals surface area contributed by atoms with E-state index in [1.54, 1.807) is 0 Å². The molecular formula is C5H12FNO. The summed E-state index contributed by atoms with van der Waals surface area (Å²) in [5, 5.41) is 8.38. The molecule has 0 aromatic carbocycles. The SMILES string of the molecule is CC(F)C(CN)CO. The quantitative estimate of drug-likeness (QED) is 0.548. The van der Waals surface area contributed by atoms with Gasteiger partial charge in [0.2, 0.25) is 0 Å². The van der Waals surface area contributed by atoms with Crippen LogP contribution in [0.4, 0.5) is 4.39 Å². The number of aliphatic hydroxyl groups excluding tert-OH is 1. The van der Waals surface area contributed by atoms with Gasteiger partial charge in [-0.2, -0.15) is 0 Å². The normalized spacial score (nSPS) is 18.0. The predicted molar refractivity (Wildman–Crippen MR) is 30.2 cm³/mol. The number of halogens is 1. The second-order valence-electron chi connectivity index (χ2n) is 1.86. The van der Waals surface area contributed by atoms with Crippen LogP contribution in [0.1, 0.15) is 6.92 Å². The number of hydrogen-bond acceptors (Lipinski definition) is 2. The molecule has 0 aliphatic heterocycles. The van der Waals surface area contributed by atoms with Gasteiger partial charge in [-0.15, -0.1) is 0 Å². The third-order valence-corrected chi connectivity index (χ3v) is 1.19. The van der Waals surface area contributed by atoms with Crippen LogP contribution in [0.25, 0.3) is 0 Å². The summed E-state index contributed by atoms with van der Waals surface area (Å²) in [5.74, 6) is -0.380. The Labute approximate surface area is 48.5 Å². The van der Waals surface area contributed by atoms with Crippen LogP contribution in [0.3, 0.4) is 0 Å². The zero-order valence-corrected chi connectivity index (χ0v) is 4.97. The molecule has 0 rings (SSSR count). The maximum atomic E-state index is 12.1. The highest BCUT2D eigenvalue weighted by atomic mass is 19.1. The van der Waals surface area contributed by atoms with E-state index in [2.05, 4.69) is 0 Å². The first-order valence-electron chi connectivity index (χ1n) is 2.67. The molecule has 0 amide bonds. The van der Waals surface area contributed by atoms with E-state index in [-0.39, 0.29) is 19.1 Å². The lowest BCUT2D eigenvalue weighted by Gasteiger charge is -2.10. The Bertz CT molecular complexity index is 54.4. The van der Waals surface area contributed by atoms with Crippen molar-refractivity contribution in [1.29, 1.82) is 0 Å². The molecule has 0 saturated carbocycles. The number of rotatable bonds is 3. The summed E-state index contributed by atoms with van der Waals surface area (Å²) in [6.07, 6.45) is -0.995. The van der Waals surface area contributed by atoms with Crippen LogP contribution < -0.4 is 5.73 Å². The molecule has 0 spiro atoms. The van der Waals surface area contributed by atoms with Gasteiger partial charge in [0.25, 0.3) is 0 Å². The van der Waals surface area contributed by atoms with Crippen molar-refractivity contribution in [3.05, 3.63) is 0 Å². The summed E-state index contributed by atoms with van der Waals surface area (Å²) >= 11 is 0. The van der Waals surface area contributed by atoms with Gasteiger partial charge in [0.1, 0.15) is 6.17 Å². The zero-order chi connectivity index (χ0) is 6.57. The van der Waals surface area contributed by atoms with Gasteiger partial charge in [0.15, 0.2) is 0 Å². The lowest BCUT2D eigenvalue weighted by atomic mass is 10.1. The number of aliphatic hydroxyl groups is 1. The predicted octanol–water partition coefficient (Wildman–Crippen LogP) is -0.0884. The van der Waals surface area contributed by atoms with Gasteiger partial charge < -0.3 is 10.8 Å². The van der Waals surface area contributed by atoms with E-state index in [0.717, 1.165) is 0 Å². The number of hydrogen-bond donors (Lipinski definition) is 2. The van der Waals surface area contributed by atoms with Crippen molar-refractivity contribution in [1.82, 2.24) is 0 Å². The topological polar surface area (TPSA) is 46.2 Å². The number of alkyl halides is 1. The summed E-state index contributed by atoms with van der Waals surface area (Å²) in [4.78, 5) is 0. The Morgan fingerprint density at radius 2 is 2.25 bits per heavy atom. The third kappa shape index (κ3) is 2.23. The van der Waals surface area contributed by atoms with E-state index in [9.17, 15) is 4.39 Å². The first-order valence-corrected chi connectivity index (χ1v) is 2.67. The Balaban J connectivity index is 3.35. The highest BCUT2D eigenvalue weighted by molar-refractivity contribution is 4.63. The molecule has 0 aromatic rings. The molecule has 0 aliphatic carbocycles. The van der Waals surface area contributed by atoms with Crippen molar-refractivity contribution < 1.29 is 9.50 Å². The highest BCUT2D eigenvalue weighted by Crippen LogP contribution is 2.02. The maximum absolute atomic E-state index is 12.1. The van der Waals surface area contributed by atoms with E-state index < -0.39 is 6.17 Å². The molecule has 8 heavy (non-hydrogen) atoms.